The number of para-hydroxylation sites is 1. The Bertz CT molecular complexity index is 465. The Morgan fingerprint density at radius 1 is 1.10 bits per heavy atom. The van der Waals surface area contributed by atoms with E-state index in [-0.39, 0.29) is 12.4 Å². The predicted molar refractivity (Wildman–Crippen MR) is 85.8 cm³/mol. The van der Waals surface area contributed by atoms with Gasteiger partial charge in [0.25, 0.3) is 0 Å². The SMILES string of the molecule is Cl.c1cc2c(c(CN3CCN(C4CC4)CC3)c1)NCC2. The van der Waals surface area contributed by atoms with Crippen LogP contribution >= 0.6 is 12.4 Å². The Labute approximate surface area is 127 Å². The van der Waals surface area contributed by atoms with E-state index in [2.05, 4.69) is 33.3 Å². The van der Waals surface area contributed by atoms with E-state index in [4.69, 9.17) is 0 Å². The maximum Gasteiger partial charge on any atom is 0.0419 e. The number of benzene rings is 1. The number of halogens is 1. The van der Waals surface area contributed by atoms with Gasteiger partial charge < -0.3 is 5.32 Å². The summed E-state index contributed by atoms with van der Waals surface area (Å²) in [5.74, 6) is 0. The molecule has 0 bridgehead atoms. The van der Waals surface area contributed by atoms with Crippen molar-refractivity contribution in [2.45, 2.75) is 31.8 Å². The van der Waals surface area contributed by atoms with Crippen LogP contribution in [0.1, 0.15) is 24.0 Å². The first-order valence-corrected chi connectivity index (χ1v) is 7.71. The molecular formula is C16H24ClN3. The first-order chi connectivity index (χ1) is 9.40. The van der Waals surface area contributed by atoms with E-state index in [1.165, 1.54) is 62.3 Å². The summed E-state index contributed by atoms with van der Waals surface area (Å²) in [5, 5.41) is 3.56. The van der Waals surface area contributed by atoms with E-state index in [0.717, 1.165) is 19.1 Å². The van der Waals surface area contributed by atoms with Gasteiger partial charge in [0.15, 0.2) is 0 Å². The van der Waals surface area contributed by atoms with Crippen molar-refractivity contribution in [1.82, 2.24) is 9.80 Å². The second-order valence-electron chi connectivity index (χ2n) is 6.17. The van der Waals surface area contributed by atoms with Crippen molar-refractivity contribution in [2.75, 3.05) is 38.0 Å². The van der Waals surface area contributed by atoms with Gasteiger partial charge in [-0.3, -0.25) is 9.80 Å². The number of anilines is 1. The largest absolute Gasteiger partial charge is 0.384 e. The normalized spacial score (nSPS) is 23.0. The molecule has 2 aliphatic heterocycles. The highest BCUT2D eigenvalue weighted by atomic mass is 35.5. The summed E-state index contributed by atoms with van der Waals surface area (Å²) in [6.07, 6.45) is 4.07. The van der Waals surface area contributed by atoms with Gasteiger partial charge in [-0.25, -0.2) is 0 Å². The van der Waals surface area contributed by atoms with Gasteiger partial charge in [-0.2, -0.15) is 0 Å². The monoisotopic (exact) mass is 293 g/mol. The van der Waals surface area contributed by atoms with Gasteiger partial charge in [0.05, 0.1) is 0 Å². The van der Waals surface area contributed by atoms with Crippen LogP contribution < -0.4 is 5.32 Å². The minimum absolute atomic E-state index is 0. The van der Waals surface area contributed by atoms with Gasteiger partial charge in [0.1, 0.15) is 0 Å². The summed E-state index contributed by atoms with van der Waals surface area (Å²) >= 11 is 0. The van der Waals surface area contributed by atoms with Crippen molar-refractivity contribution in [1.29, 1.82) is 0 Å². The van der Waals surface area contributed by atoms with Gasteiger partial charge in [-0.15, -0.1) is 12.4 Å². The molecule has 2 heterocycles. The molecule has 0 radical (unpaired) electrons. The molecule has 4 heteroatoms. The molecule has 2 fully saturated rings. The smallest absolute Gasteiger partial charge is 0.0419 e. The van der Waals surface area contributed by atoms with E-state index in [9.17, 15) is 0 Å². The average molecular weight is 294 g/mol. The zero-order valence-corrected chi connectivity index (χ0v) is 12.8. The van der Waals surface area contributed by atoms with Crippen molar-refractivity contribution in [3.63, 3.8) is 0 Å². The summed E-state index contributed by atoms with van der Waals surface area (Å²) in [6, 6.07) is 7.72. The Balaban J connectivity index is 0.00000121. The quantitative estimate of drug-likeness (QED) is 0.923. The molecule has 20 heavy (non-hydrogen) atoms. The lowest BCUT2D eigenvalue weighted by Gasteiger charge is -2.35. The summed E-state index contributed by atoms with van der Waals surface area (Å²) in [6.45, 7) is 7.25. The van der Waals surface area contributed by atoms with Crippen LogP contribution in [0.15, 0.2) is 18.2 Å². The molecule has 0 unspecified atom stereocenters. The van der Waals surface area contributed by atoms with Crippen molar-refractivity contribution < 1.29 is 0 Å². The lowest BCUT2D eigenvalue weighted by molar-refractivity contribution is 0.121. The Morgan fingerprint density at radius 3 is 2.65 bits per heavy atom. The molecule has 1 aromatic carbocycles. The molecule has 0 atom stereocenters. The topological polar surface area (TPSA) is 18.5 Å². The number of fused-ring (bicyclic) bond motifs is 1. The lowest BCUT2D eigenvalue weighted by Crippen LogP contribution is -2.46. The Morgan fingerprint density at radius 2 is 1.90 bits per heavy atom. The van der Waals surface area contributed by atoms with Crippen LogP contribution in [-0.4, -0.2) is 48.6 Å². The highest BCUT2D eigenvalue weighted by molar-refractivity contribution is 5.85. The van der Waals surface area contributed by atoms with Crippen LogP contribution in [0, 0.1) is 0 Å². The minimum atomic E-state index is 0. The molecule has 110 valence electrons. The number of rotatable bonds is 3. The zero-order valence-electron chi connectivity index (χ0n) is 12.0. The van der Waals surface area contributed by atoms with E-state index in [1.54, 1.807) is 0 Å². The van der Waals surface area contributed by atoms with Crippen LogP contribution in [0.25, 0.3) is 0 Å². The first-order valence-electron chi connectivity index (χ1n) is 7.71. The van der Waals surface area contributed by atoms with Crippen molar-refractivity contribution in [3.8, 4) is 0 Å². The molecule has 0 spiro atoms. The molecule has 0 amide bonds. The van der Waals surface area contributed by atoms with Gasteiger partial charge >= 0.3 is 0 Å². The van der Waals surface area contributed by atoms with Crippen molar-refractivity contribution in [3.05, 3.63) is 29.3 Å². The standard InChI is InChI=1S/C16H23N3.ClH/c1-2-13-6-7-17-16(13)14(3-1)12-18-8-10-19(11-9-18)15-4-5-15;/h1-3,15,17H,4-12H2;1H. The van der Waals surface area contributed by atoms with Gasteiger partial charge in [-0.05, 0) is 30.4 Å². The van der Waals surface area contributed by atoms with E-state index in [0.29, 0.717) is 0 Å². The van der Waals surface area contributed by atoms with Crippen LogP contribution in [0.2, 0.25) is 0 Å². The summed E-state index contributed by atoms with van der Waals surface area (Å²) < 4.78 is 0. The van der Waals surface area contributed by atoms with Gasteiger partial charge in [-0.1, -0.05) is 18.2 Å². The second kappa shape index (κ2) is 5.92. The number of nitrogens with zero attached hydrogens (tertiary/aromatic N) is 2. The number of hydrogen-bond acceptors (Lipinski definition) is 3. The molecule has 1 N–H and O–H groups in total. The van der Waals surface area contributed by atoms with E-state index >= 15 is 0 Å². The van der Waals surface area contributed by atoms with E-state index in [1.807, 2.05) is 0 Å². The second-order valence-corrected chi connectivity index (χ2v) is 6.17. The van der Waals surface area contributed by atoms with Crippen LogP contribution in [0.5, 0.6) is 0 Å². The Kier molecular flexibility index (Phi) is 4.20. The molecule has 3 aliphatic rings. The first kappa shape index (κ1) is 14.2. The minimum Gasteiger partial charge on any atom is -0.384 e. The zero-order chi connectivity index (χ0) is 12.7. The third-order valence-electron chi connectivity index (χ3n) is 4.80. The molecule has 1 aromatic rings. The maximum absolute atomic E-state index is 3.56. The summed E-state index contributed by atoms with van der Waals surface area (Å²) in [5.41, 5.74) is 4.43. The molecule has 1 aliphatic carbocycles. The van der Waals surface area contributed by atoms with Crippen LogP contribution in [-0.2, 0) is 13.0 Å². The predicted octanol–water partition coefficient (Wildman–Crippen LogP) is 2.36. The highest BCUT2D eigenvalue weighted by Crippen LogP contribution is 2.29. The number of nitrogens with one attached hydrogen (secondary N) is 1. The van der Waals surface area contributed by atoms with Crippen molar-refractivity contribution in [2.24, 2.45) is 0 Å². The molecule has 1 saturated carbocycles. The molecule has 0 aromatic heterocycles. The fraction of sp³-hybridized carbons (Fsp3) is 0.625. The lowest BCUT2D eigenvalue weighted by atomic mass is 10.1. The summed E-state index contributed by atoms with van der Waals surface area (Å²) in [7, 11) is 0. The fourth-order valence-electron chi connectivity index (χ4n) is 3.51. The maximum atomic E-state index is 3.56. The highest BCUT2D eigenvalue weighted by Gasteiger charge is 2.31. The molecule has 1 saturated heterocycles. The average Bonchev–Trinajstić information content (AvgIpc) is 3.17. The van der Waals surface area contributed by atoms with Crippen LogP contribution in [0.3, 0.4) is 0 Å². The molecule has 3 nitrogen and oxygen atoms in total. The third-order valence-corrected chi connectivity index (χ3v) is 4.80. The van der Waals surface area contributed by atoms with Gasteiger partial charge in [0, 0.05) is 51.0 Å². The summed E-state index contributed by atoms with van der Waals surface area (Å²) in [4.78, 5) is 5.30. The number of piperazine rings is 1. The molecular weight excluding hydrogens is 270 g/mol. The number of hydrogen-bond donors (Lipinski definition) is 1. The van der Waals surface area contributed by atoms with E-state index < -0.39 is 0 Å². The fourth-order valence-corrected chi connectivity index (χ4v) is 3.51. The Hall–Kier alpha value is -0.770. The van der Waals surface area contributed by atoms with Gasteiger partial charge in [0.2, 0.25) is 0 Å². The van der Waals surface area contributed by atoms with Crippen LogP contribution in [0.4, 0.5) is 5.69 Å². The van der Waals surface area contributed by atoms with Crippen molar-refractivity contribution >= 4 is 18.1 Å². The molecule has 4 rings (SSSR count). The third kappa shape index (κ3) is 2.80.